The summed E-state index contributed by atoms with van der Waals surface area (Å²) in [5, 5.41) is 9.85. The molecule has 0 amide bonds. The summed E-state index contributed by atoms with van der Waals surface area (Å²) in [6, 6.07) is 4.42. The molecule has 0 heterocycles. The minimum atomic E-state index is -2.94. The van der Waals surface area contributed by atoms with Crippen molar-refractivity contribution in [1.29, 1.82) is 0 Å². The Balaban J connectivity index is 3.05. The Bertz CT molecular complexity index is 426. The zero-order valence-corrected chi connectivity index (χ0v) is 10.5. The summed E-state index contributed by atoms with van der Waals surface area (Å²) in [5.74, 6) is 0.106. The van der Waals surface area contributed by atoms with Crippen molar-refractivity contribution in [3.8, 4) is 11.5 Å². The maximum Gasteiger partial charge on any atom is 0.387 e. The fourth-order valence-corrected chi connectivity index (χ4v) is 1.48. The van der Waals surface area contributed by atoms with Crippen LogP contribution in [0.5, 0.6) is 11.5 Å². The van der Waals surface area contributed by atoms with Crippen LogP contribution in [0.15, 0.2) is 29.8 Å². The largest absolute Gasteiger partial charge is 0.493 e. The molecule has 0 radical (unpaired) electrons. The van der Waals surface area contributed by atoms with Gasteiger partial charge in [0.25, 0.3) is 0 Å². The number of methoxy groups -OCH3 is 1. The maximum absolute atomic E-state index is 12.2. The molecule has 0 saturated carbocycles. The maximum atomic E-state index is 12.2. The van der Waals surface area contributed by atoms with Gasteiger partial charge in [-0.3, -0.25) is 0 Å². The third kappa shape index (κ3) is 4.00. The van der Waals surface area contributed by atoms with Crippen molar-refractivity contribution in [2.45, 2.75) is 26.6 Å². The quantitative estimate of drug-likeness (QED) is 0.823. The lowest BCUT2D eigenvalue weighted by Gasteiger charge is -2.13. The average Bonchev–Trinajstić information content (AvgIpc) is 2.27. The van der Waals surface area contributed by atoms with Gasteiger partial charge in [-0.25, -0.2) is 0 Å². The third-order valence-electron chi connectivity index (χ3n) is 2.24. The standard InChI is InChI=1S/C13H16F2O3/c1-8(2)6-10(16)9-4-5-11(17-3)12(7-9)18-13(14)15/h4-7,10,13,16H,1-3H3. The van der Waals surface area contributed by atoms with Gasteiger partial charge in [0.15, 0.2) is 11.5 Å². The number of allylic oxidation sites excluding steroid dienone is 1. The van der Waals surface area contributed by atoms with E-state index in [4.69, 9.17) is 4.74 Å². The number of hydrogen-bond acceptors (Lipinski definition) is 3. The van der Waals surface area contributed by atoms with Crippen LogP contribution in [0.25, 0.3) is 0 Å². The Morgan fingerprint density at radius 1 is 1.28 bits per heavy atom. The molecule has 0 aliphatic rings. The Morgan fingerprint density at radius 3 is 2.44 bits per heavy atom. The smallest absolute Gasteiger partial charge is 0.387 e. The molecule has 1 N–H and O–H groups in total. The van der Waals surface area contributed by atoms with Crippen molar-refractivity contribution in [1.82, 2.24) is 0 Å². The summed E-state index contributed by atoms with van der Waals surface area (Å²) in [4.78, 5) is 0. The van der Waals surface area contributed by atoms with Crippen molar-refractivity contribution in [2.75, 3.05) is 7.11 Å². The Kier molecular flexibility index (Phi) is 5.09. The van der Waals surface area contributed by atoms with Crippen molar-refractivity contribution in [3.63, 3.8) is 0 Å². The topological polar surface area (TPSA) is 38.7 Å². The molecule has 0 bridgehead atoms. The zero-order valence-electron chi connectivity index (χ0n) is 10.5. The second-order valence-corrected chi connectivity index (χ2v) is 3.98. The molecule has 0 fully saturated rings. The molecule has 1 atom stereocenters. The van der Waals surface area contributed by atoms with Gasteiger partial charge in [-0.1, -0.05) is 17.7 Å². The van der Waals surface area contributed by atoms with Crippen LogP contribution in [-0.4, -0.2) is 18.8 Å². The normalized spacial score (nSPS) is 12.2. The van der Waals surface area contributed by atoms with E-state index in [9.17, 15) is 13.9 Å². The van der Waals surface area contributed by atoms with Crippen LogP contribution in [0.3, 0.4) is 0 Å². The molecular formula is C13H16F2O3. The van der Waals surface area contributed by atoms with E-state index in [1.165, 1.54) is 19.2 Å². The van der Waals surface area contributed by atoms with E-state index in [2.05, 4.69) is 4.74 Å². The first-order valence-electron chi connectivity index (χ1n) is 5.40. The molecule has 0 spiro atoms. The summed E-state index contributed by atoms with van der Waals surface area (Å²) < 4.78 is 33.7. The van der Waals surface area contributed by atoms with Crippen molar-refractivity contribution in [3.05, 3.63) is 35.4 Å². The van der Waals surface area contributed by atoms with Crippen LogP contribution in [0.2, 0.25) is 0 Å². The Labute approximate surface area is 105 Å². The first kappa shape index (κ1) is 14.4. The predicted octanol–water partition coefficient (Wildman–Crippen LogP) is 3.30. The highest BCUT2D eigenvalue weighted by molar-refractivity contribution is 5.44. The highest BCUT2D eigenvalue weighted by atomic mass is 19.3. The van der Waals surface area contributed by atoms with Gasteiger partial charge in [-0.15, -0.1) is 0 Å². The number of rotatable bonds is 5. The van der Waals surface area contributed by atoms with Gasteiger partial charge in [0.05, 0.1) is 13.2 Å². The monoisotopic (exact) mass is 258 g/mol. The van der Waals surface area contributed by atoms with E-state index in [0.29, 0.717) is 5.56 Å². The number of ether oxygens (including phenoxy) is 2. The molecule has 1 unspecified atom stereocenters. The average molecular weight is 258 g/mol. The number of alkyl halides is 2. The molecule has 1 aromatic rings. The number of benzene rings is 1. The SMILES string of the molecule is COc1ccc(C(O)C=C(C)C)cc1OC(F)F. The number of halogens is 2. The second kappa shape index (κ2) is 6.35. The Morgan fingerprint density at radius 2 is 1.94 bits per heavy atom. The molecule has 1 aromatic carbocycles. The minimum Gasteiger partial charge on any atom is -0.493 e. The molecule has 3 nitrogen and oxygen atoms in total. The van der Waals surface area contributed by atoms with Gasteiger partial charge in [0.2, 0.25) is 0 Å². The molecule has 0 saturated heterocycles. The highest BCUT2D eigenvalue weighted by Crippen LogP contribution is 2.32. The fraction of sp³-hybridized carbons (Fsp3) is 0.385. The van der Waals surface area contributed by atoms with Crippen LogP contribution in [0.1, 0.15) is 25.5 Å². The summed E-state index contributed by atoms with van der Waals surface area (Å²) in [6.45, 7) is 0.738. The number of aliphatic hydroxyl groups excluding tert-OH is 1. The number of hydrogen-bond donors (Lipinski definition) is 1. The van der Waals surface area contributed by atoms with E-state index < -0.39 is 12.7 Å². The number of aliphatic hydroxyl groups is 1. The van der Waals surface area contributed by atoms with Crippen molar-refractivity contribution >= 4 is 0 Å². The first-order chi connectivity index (χ1) is 8.43. The lowest BCUT2D eigenvalue weighted by molar-refractivity contribution is -0.0513. The third-order valence-corrected chi connectivity index (χ3v) is 2.24. The summed E-state index contributed by atoms with van der Waals surface area (Å²) in [6.07, 6.45) is 0.759. The summed E-state index contributed by atoms with van der Waals surface area (Å²) >= 11 is 0. The minimum absolute atomic E-state index is 0.0915. The lowest BCUT2D eigenvalue weighted by Crippen LogP contribution is -2.05. The molecular weight excluding hydrogens is 242 g/mol. The lowest BCUT2D eigenvalue weighted by atomic mass is 10.1. The zero-order chi connectivity index (χ0) is 13.7. The molecule has 0 aliphatic carbocycles. The molecule has 5 heteroatoms. The van der Waals surface area contributed by atoms with Gasteiger partial charge in [0.1, 0.15) is 0 Å². The van der Waals surface area contributed by atoms with E-state index in [-0.39, 0.29) is 11.5 Å². The molecule has 18 heavy (non-hydrogen) atoms. The molecule has 100 valence electrons. The predicted molar refractivity (Wildman–Crippen MR) is 64.0 cm³/mol. The summed E-state index contributed by atoms with van der Waals surface area (Å²) in [7, 11) is 1.36. The van der Waals surface area contributed by atoms with Crippen molar-refractivity contribution < 1.29 is 23.4 Å². The van der Waals surface area contributed by atoms with E-state index in [0.717, 1.165) is 5.57 Å². The van der Waals surface area contributed by atoms with Crippen LogP contribution in [0, 0.1) is 0 Å². The van der Waals surface area contributed by atoms with Gasteiger partial charge in [-0.2, -0.15) is 8.78 Å². The summed E-state index contributed by atoms with van der Waals surface area (Å²) in [5.41, 5.74) is 1.39. The van der Waals surface area contributed by atoms with Gasteiger partial charge in [-0.05, 0) is 31.5 Å². The van der Waals surface area contributed by atoms with Crippen LogP contribution >= 0.6 is 0 Å². The van der Waals surface area contributed by atoms with Gasteiger partial charge < -0.3 is 14.6 Å². The molecule has 1 rings (SSSR count). The van der Waals surface area contributed by atoms with E-state index in [1.807, 2.05) is 13.8 Å². The first-order valence-corrected chi connectivity index (χ1v) is 5.40. The molecule has 0 aliphatic heterocycles. The Hall–Kier alpha value is -1.62. The second-order valence-electron chi connectivity index (χ2n) is 3.98. The van der Waals surface area contributed by atoms with E-state index >= 15 is 0 Å². The van der Waals surface area contributed by atoms with Gasteiger partial charge >= 0.3 is 6.61 Å². The van der Waals surface area contributed by atoms with Gasteiger partial charge in [0, 0.05) is 0 Å². The van der Waals surface area contributed by atoms with Crippen LogP contribution < -0.4 is 9.47 Å². The fourth-order valence-electron chi connectivity index (χ4n) is 1.48. The molecule has 0 aromatic heterocycles. The highest BCUT2D eigenvalue weighted by Gasteiger charge is 2.13. The van der Waals surface area contributed by atoms with Crippen LogP contribution in [-0.2, 0) is 0 Å². The van der Waals surface area contributed by atoms with Crippen molar-refractivity contribution in [2.24, 2.45) is 0 Å². The van der Waals surface area contributed by atoms with E-state index in [1.54, 1.807) is 12.1 Å². The van der Waals surface area contributed by atoms with Crippen LogP contribution in [0.4, 0.5) is 8.78 Å².